The number of rotatable bonds is 4. The van der Waals surface area contributed by atoms with Crippen molar-refractivity contribution in [2.75, 3.05) is 4.72 Å². The molecule has 8 heteroatoms. The summed E-state index contributed by atoms with van der Waals surface area (Å²) in [7, 11) is -3.65. The summed E-state index contributed by atoms with van der Waals surface area (Å²) in [4.78, 5) is 0.215. The van der Waals surface area contributed by atoms with Crippen LogP contribution in [0.15, 0.2) is 57.9 Å². The molecular formula is C19H19BrN4O2S. The van der Waals surface area contributed by atoms with Crippen LogP contribution in [0.4, 0.5) is 5.69 Å². The van der Waals surface area contributed by atoms with E-state index in [0.29, 0.717) is 5.69 Å². The summed E-state index contributed by atoms with van der Waals surface area (Å²) in [6.45, 7) is 0.895. The van der Waals surface area contributed by atoms with Gasteiger partial charge in [0.2, 0.25) is 0 Å². The lowest BCUT2D eigenvalue weighted by atomic mass is 10.2. The van der Waals surface area contributed by atoms with Crippen LogP contribution in [-0.2, 0) is 23.0 Å². The van der Waals surface area contributed by atoms with Gasteiger partial charge in [0, 0.05) is 28.7 Å². The van der Waals surface area contributed by atoms with Gasteiger partial charge in [0.25, 0.3) is 10.0 Å². The van der Waals surface area contributed by atoms with E-state index < -0.39 is 10.0 Å². The minimum atomic E-state index is -3.65. The number of nitrogens with zero attached hydrogens (tertiary/aromatic N) is 3. The van der Waals surface area contributed by atoms with Crippen LogP contribution in [0.5, 0.6) is 0 Å². The summed E-state index contributed by atoms with van der Waals surface area (Å²) >= 11 is 3.32. The number of hydrogen-bond donors (Lipinski definition) is 1. The molecule has 0 aliphatic carbocycles. The first-order chi connectivity index (χ1) is 13.0. The smallest absolute Gasteiger partial charge is 0.261 e. The molecule has 1 aliphatic rings. The standard InChI is InChI=1S/C19H19BrN4O2S/c20-15-8-10-17(11-9-15)27(25,26)23-16-6-4-5-14(13-16)19-22-21-18-7-2-1-3-12-24(18)19/h4-6,8-11,13,23H,1-3,7,12H2. The van der Waals surface area contributed by atoms with E-state index in [1.807, 2.05) is 12.1 Å². The summed E-state index contributed by atoms with van der Waals surface area (Å²) in [6.07, 6.45) is 4.36. The minimum absolute atomic E-state index is 0.215. The van der Waals surface area contributed by atoms with Gasteiger partial charge in [-0.3, -0.25) is 4.72 Å². The van der Waals surface area contributed by atoms with E-state index in [1.165, 1.54) is 6.42 Å². The Labute approximate surface area is 166 Å². The van der Waals surface area contributed by atoms with Crippen LogP contribution in [0.2, 0.25) is 0 Å². The van der Waals surface area contributed by atoms with E-state index >= 15 is 0 Å². The summed E-state index contributed by atoms with van der Waals surface area (Å²) in [5.74, 6) is 1.79. The van der Waals surface area contributed by atoms with E-state index in [1.54, 1.807) is 36.4 Å². The molecule has 0 spiro atoms. The first-order valence-electron chi connectivity index (χ1n) is 8.84. The van der Waals surface area contributed by atoms with Crippen molar-refractivity contribution in [1.29, 1.82) is 0 Å². The Kier molecular flexibility index (Phi) is 5.01. The average Bonchev–Trinajstić information content (AvgIpc) is 2.90. The monoisotopic (exact) mass is 446 g/mol. The lowest BCUT2D eigenvalue weighted by Gasteiger charge is -2.11. The molecule has 0 saturated carbocycles. The molecule has 0 unspecified atom stereocenters. The van der Waals surface area contributed by atoms with Gasteiger partial charge >= 0.3 is 0 Å². The summed E-state index contributed by atoms with van der Waals surface area (Å²) in [5.41, 5.74) is 1.35. The van der Waals surface area contributed by atoms with Gasteiger partial charge in [0.05, 0.1) is 4.90 Å². The van der Waals surface area contributed by atoms with Gasteiger partial charge in [-0.2, -0.15) is 0 Å². The van der Waals surface area contributed by atoms with E-state index in [2.05, 4.69) is 35.4 Å². The van der Waals surface area contributed by atoms with Crippen molar-refractivity contribution in [3.63, 3.8) is 0 Å². The number of hydrogen-bond acceptors (Lipinski definition) is 4. The van der Waals surface area contributed by atoms with Crippen LogP contribution in [0.25, 0.3) is 11.4 Å². The highest BCUT2D eigenvalue weighted by atomic mass is 79.9. The molecule has 0 atom stereocenters. The number of benzene rings is 2. The molecule has 2 aromatic carbocycles. The quantitative estimate of drug-likeness (QED) is 0.649. The first-order valence-corrected chi connectivity index (χ1v) is 11.1. The molecule has 0 bridgehead atoms. The summed E-state index contributed by atoms with van der Waals surface area (Å²) < 4.78 is 30.9. The maximum absolute atomic E-state index is 12.6. The zero-order chi connectivity index (χ0) is 18.9. The molecule has 6 nitrogen and oxygen atoms in total. The van der Waals surface area contributed by atoms with Crippen molar-refractivity contribution in [2.45, 2.75) is 37.1 Å². The van der Waals surface area contributed by atoms with Crippen molar-refractivity contribution >= 4 is 31.6 Å². The number of fused-ring (bicyclic) bond motifs is 1. The molecule has 140 valence electrons. The van der Waals surface area contributed by atoms with Crippen molar-refractivity contribution in [2.24, 2.45) is 0 Å². The Morgan fingerprint density at radius 2 is 1.81 bits per heavy atom. The van der Waals surface area contributed by atoms with Gasteiger partial charge in [-0.05, 0) is 49.2 Å². The molecule has 4 rings (SSSR count). The molecule has 1 aromatic heterocycles. The van der Waals surface area contributed by atoms with Gasteiger partial charge in [0.15, 0.2) is 5.82 Å². The summed E-state index contributed by atoms with van der Waals surface area (Å²) in [5, 5.41) is 8.67. The Morgan fingerprint density at radius 1 is 1.00 bits per heavy atom. The van der Waals surface area contributed by atoms with E-state index in [9.17, 15) is 8.42 Å². The highest BCUT2D eigenvalue weighted by molar-refractivity contribution is 9.10. The van der Waals surface area contributed by atoms with E-state index in [4.69, 9.17) is 0 Å². The Morgan fingerprint density at radius 3 is 2.63 bits per heavy atom. The normalized spacial score (nSPS) is 14.4. The molecule has 1 N–H and O–H groups in total. The second kappa shape index (κ2) is 7.44. The Bertz CT molecular complexity index is 1060. The van der Waals surface area contributed by atoms with Crippen LogP contribution in [-0.4, -0.2) is 23.2 Å². The highest BCUT2D eigenvalue weighted by Crippen LogP contribution is 2.26. The zero-order valence-electron chi connectivity index (χ0n) is 14.6. The summed E-state index contributed by atoms with van der Waals surface area (Å²) in [6, 6.07) is 13.8. The van der Waals surface area contributed by atoms with Crippen molar-refractivity contribution in [1.82, 2.24) is 14.8 Å². The molecule has 0 saturated heterocycles. The van der Waals surface area contributed by atoms with Crippen LogP contribution in [0, 0.1) is 0 Å². The van der Waals surface area contributed by atoms with Gasteiger partial charge in [-0.1, -0.05) is 34.5 Å². The van der Waals surface area contributed by atoms with Crippen molar-refractivity contribution in [3.05, 3.63) is 58.8 Å². The number of anilines is 1. The molecule has 0 fully saturated rings. The molecular weight excluding hydrogens is 428 g/mol. The predicted octanol–water partition coefficient (Wildman–Crippen LogP) is 4.23. The van der Waals surface area contributed by atoms with Crippen molar-refractivity contribution < 1.29 is 8.42 Å². The van der Waals surface area contributed by atoms with E-state index in [-0.39, 0.29) is 4.90 Å². The number of aromatic nitrogens is 3. The molecule has 0 amide bonds. The SMILES string of the molecule is O=S(=O)(Nc1cccc(-c2nnc3n2CCCCC3)c1)c1ccc(Br)cc1. The lowest BCUT2D eigenvalue weighted by molar-refractivity contribution is 0.601. The predicted molar refractivity (Wildman–Crippen MR) is 108 cm³/mol. The molecule has 0 radical (unpaired) electrons. The van der Waals surface area contributed by atoms with Crippen molar-refractivity contribution in [3.8, 4) is 11.4 Å². The Balaban J connectivity index is 1.64. The zero-order valence-corrected chi connectivity index (χ0v) is 17.0. The Hall–Kier alpha value is -2.19. The fourth-order valence-electron chi connectivity index (χ4n) is 3.25. The van der Waals surface area contributed by atoms with Crippen LogP contribution < -0.4 is 4.72 Å². The van der Waals surface area contributed by atoms with Crippen LogP contribution in [0.3, 0.4) is 0 Å². The van der Waals surface area contributed by atoms with E-state index in [0.717, 1.165) is 47.5 Å². The fraction of sp³-hybridized carbons (Fsp3) is 0.263. The topological polar surface area (TPSA) is 76.9 Å². The van der Waals surface area contributed by atoms with Gasteiger partial charge < -0.3 is 4.57 Å². The maximum atomic E-state index is 12.6. The lowest BCUT2D eigenvalue weighted by Crippen LogP contribution is -2.13. The van der Waals surface area contributed by atoms with Crippen LogP contribution >= 0.6 is 15.9 Å². The number of sulfonamides is 1. The third-order valence-corrected chi connectivity index (χ3v) is 6.53. The fourth-order valence-corrected chi connectivity index (χ4v) is 4.56. The van der Waals surface area contributed by atoms with Gasteiger partial charge in [0.1, 0.15) is 5.82 Å². The number of aryl methyl sites for hydroxylation is 1. The number of halogens is 1. The third kappa shape index (κ3) is 3.91. The van der Waals surface area contributed by atoms with Crippen LogP contribution in [0.1, 0.15) is 25.1 Å². The minimum Gasteiger partial charge on any atom is -0.311 e. The second-order valence-corrected chi connectivity index (χ2v) is 9.14. The molecule has 1 aliphatic heterocycles. The highest BCUT2D eigenvalue weighted by Gasteiger charge is 2.18. The second-order valence-electron chi connectivity index (χ2n) is 6.54. The largest absolute Gasteiger partial charge is 0.311 e. The molecule has 3 aromatic rings. The van der Waals surface area contributed by atoms with Gasteiger partial charge in [-0.25, -0.2) is 8.42 Å². The maximum Gasteiger partial charge on any atom is 0.261 e. The first kappa shape index (κ1) is 18.2. The molecule has 2 heterocycles. The average molecular weight is 447 g/mol. The number of nitrogens with one attached hydrogen (secondary N) is 1. The van der Waals surface area contributed by atoms with Gasteiger partial charge in [-0.15, -0.1) is 10.2 Å². The third-order valence-electron chi connectivity index (χ3n) is 4.61. The molecule has 27 heavy (non-hydrogen) atoms.